The number of hydrogen-bond donors (Lipinski definition) is 0. The highest BCUT2D eigenvalue weighted by atomic mass is 16.5. The fraction of sp³-hybridized carbons (Fsp3) is 0.182. The van der Waals surface area contributed by atoms with Gasteiger partial charge in [0.25, 0.3) is 0 Å². The first-order valence-corrected chi connectivity index (χ1v) is 17.7. The zero-order valence-electron chi connectivity index (χ0n) is 34.1. The fourth-order valence-electron chi connectivity index (χ4n) is 6.57. The monoisotopic (exact) mass is 850 g/mol. The molecule has 5 aromatic rings. The molecule has 0 fully saturated rings. The molecule has 0 radical (unpaired) electrons. The Hall–Kier alpha value is -8.28. The molecule has 0 bridgehead atoms. The molecule has 0 saturated carbocycles. The lowest BCUT2D eigenvalue weighted by Gasteiger charge is -2.21. The maximum atomic E-state index is 13.2. The minimum absolute atomic E-state index is 0.0515. The van der Waals surface area contributed by atoms with Crippen LogP contribution in [-0.2, 0) is 37.9 Å². The first kappa shape index (κ1) is 44.8. The van der Waals surface area contributed by atoms with Crippen molar-refractivity contribution < 1.29 is 85.8 Å². The summed E-state index contributed by atoms with van der Waals surface area (Å²) >= 11 is 0. The van der Waals surface area contributed by atoms with Crippen LogP contribution >= 0.6 is 0 Å². The molecule has 0 unspecified atom stereocenters. The van der Waals surface area contributed by atoms with Crippen molar-refractivity contribution in [3.63, 3.8) is 0 Å². The van der Waals surface area contributed by atoms with Crippen LogP contribution in [0.25, 0.3) is 21.5 Å². The van der Waals surface area contributed by atoms with E-state index in [1.165, 1.54) is 52.7 Å². The van der Waals surface area contributed by atoms with E-state index < -0.39 is 59.3 Å². The van der Waals surface area contributed by atoms with Gasteiger partial charge in [-0.15, -0.1) is 0 Å². The van der Waals surface area contributed by atoms with Gasteiger partial charge < -0.3 is 37.9 Å². The average molecular weight is 851 g/mol. The van der Waals surface area contributed by atoms with Crippen LogP contribution in [0.4, 0.5) is 0 Å². The number of hydrogen-bond acceptors (Lipinski definition) is 18. The molecule has 0 aliphatic heterocycles. The van der Waals surface area contributed by atoms with E-state index in [9.17, 15) is 47.9 Å². The SMILES string of the molecule is COC(=O)c1cc2c(cc1C(=O)OC)C(=O)c1cc(C(=O)OC)c(C(=O)OC)cc1C2=O.COC(=O)c1cc2cc3cc(C(=O)OC)c(C(=O)OC)cc3cc2cc1C(=O)OC. The zero-order valence-corrected chi connectivity index (χ0v) is 34.1. The van der Waals surface area contributed by atoms with Gasteiger partial charge in [0.1, 0.15) is 0 Å². The van der Waals surface area contributed by atoms with Crippen LogP contribution in [0.1, 0.15) is 115 Å². The lowest BCUT2D eigenvalue weighted by atomic mass is 9.80. The number of carbonyl (C=O) groups excluding carboxylic acids is 10. The second-order valence-electron chi connectivity index (χ2n) is 12.8. The summed E-state index contributed by atoms with van der Waals surface area (Å²) in [5, 5.41) is 2.49. The largest absolute Gasteiger partial charge is 0.465 e. The summed E-state index contributed by atoms with van der Waals surface area (Å²) in [5.74, 6) is -7.85. The number of ketones is 2. The molecule has 62 heavy (non-hydrogen) atoms. The molecule has 0 N–H and O–H groups in total. The minimum atomic E-state index is -0.921. The molecule has 0 amide bonds. The van der Waals surface area contributed by atoms with Gasteiger partial charge in [0.2, 0.25) is 0 Å². The maximum absolute atomic E-state index is 13.2. The molecule has 318 valence electrons. The van der Waals surface area contributed by atoms with Crippen molar-refractivity contribution in [2.45, 2.75) is 0 Å². The van der Waals surface area contributed by atoms with Crippen LogP contribution in [0.15, 0.2) is 60.7 Å². The molecule has 1 aliphatic carbocycles. The number of ether oxygens (including phenoxy) is 8. The van der Waals surface area contributed by atoms with Crippen LogP contribution in [0.2, 0.25) is 0 Å². The van der Waals surface area contributed by atoms with E-state index in [-0.39, 0.29) is 66.8 Å². The Kier molecular flexibility index (Phi) is 13.2. The van der Waals surface area contributed by atoms with Crippen LogP contribution in [0, 0.1) is 0 Å². The van der Waals surface area contributed by atoms with Crippen LogP contribution in [0.3, 0.4) is 0 Å². The predicted octanol–water partition coefficient (Wildman–Crippen LogP) is 4.75. The van der Waals surface area contributed by atoms with Gasteiger partial charge in [0.15, 0.2) is 11.6 Å². The molecule has 1 aliphatic rings. The summed E-state index contributed by atoms with van der Waals surface area (Å²) in [7, 11) is 9.19. The Balaban J connectivity index is 0.000000235. The van der Waals surface area contributed by atoms with Crippen molar-refractivity contribution in [2.75, 3.05) is 56.9 Å². The van der Waals surface area contributed by atoms with Crippen LogP contribution in [-0.4, -0.2) is 116 Å². The van der Waals surface area contributed by atoms with Crippen molar-refractivity contribution in [1.82, 2.24) is 0 Å². The Bertz CT molecular complexity index is 2440. The van der Waals surface area contributed by atoms with Gasteiger partial charge in [-0.25, -0.2) is 38.4 Å². The molecule has 6 rings (SSSR count). The first-order chi connectivity index (χ1) is 29.5. The quantitative estimate of drug-likeness (QED) is 0.114. The summed E-state index contributed by atoms with van der Waals surface area (Å²) in [5.41, 5.74) is -1.63. The smallest absolute Gasteiger partial charge is 0.338 e. The highest BCUT2D eigenvalue weighted by molar-refractivity contribution is 6.30. The zero-order chi connectivity index (χ0) is 45.7. The number of carbonyl (C=O) groups is 10. The maximum Gasteiger partial charge on any atom is 0.338 e. The van der Waals surface area contributed by atoms with Gasteiger partial charge in [0.05, 0.1) is 101 Å². The summed E-state index contributed by atoms with van der Waals surface area (Å²) in [6.45, 7) is 0. The van der Waals surface area contributed by atoms with Crippen molar-refractivity contribution in [1.29, 1.82) is 0 Å². The molecule has 0 spiro atoms. The second kappa shape index (κ2) is 18.3. The summed E-state index contributed by atoms with van der Waals surface area (Å²) < 4.78 is 37.7. The van der Waals surface area contributed by atoms with E-state index in [0.717, 1.165) is 52.7 Å². The summed E-state index contributed by atoms with van der Waals surface area (Å²) in [4.78, 5) is 124. The summed E-state index contributed by atoms with van der Waals surface area (Å²) in [6.07, 6.45) is 0. The number of methoxy groups -OCH3 is 8. The van der Waals surface area contributed by atoms with Crippen molar-refractivity contribution in [3.8, 4) is 0 Å². The Morgan fingerprint density at radius 1 is 0.258 bits per heavy atom. The molecular weight excluding hydrogens is 816 g/mol. The third-order valence-electron chi connectivity index (χ3n) is 9.60. The topological polar surface area (TPSA) is 245 Å². The molecule has 0 aromatic heterocycles. The van der Waals surface area contributed by atoms with Gasteiger partial charge in [-0.05, 0) is 82.2 Å². The lowest BCUT2D eigenvalue weighted by Crippen LogP contribution is -2.26. The normalized spacial score (nSPS) is 11.2. The van der Waals surface area contributed by atoms with Gasteiger partial charge in [-0.1, -0.05) is 0 Å². The highest BCUT2D eigenvalue weighted by Gasteiger charge is 2.36. The van der Waals surface area contributed by atoms with Gasteiger partial charge >= 0.3 is 47.8 Å². The van der Waals surface area contributed by atoms with Gasteiger partial charge in [-0.3, -0.25) is 9.59 Å². The van der Waals surface area contributed by atoms with Gasteiger partial charge in [-0.2, -0.15) is 0 Å². The van der Waals surface area contributed by atoms with E-state index >= 15 is 0 Å². The molecule has 5 aromatic carbocycles. The van der Waals surface area contributed by atoms with E-state index in [2.05, 4.69) is 18.9 Å². The van der Waals surface area contributed by atoms with Crippen LogP contribution in [0.5, 0.6) is 0 Å². The van der Waals surface area contributed by atoms with E-state index in [4.69, 9.17) is 18.9 Å². The van der Waals surface area contributed by atoms with E-state index in [0.29, 0.717) is 21.5 Å². The van der Waals surface area contributed by atoms with Crippen molar-refractivity contribution in [3.05, 3.63) is 127 Å². The van der Waals surface area contributed by atoms with E-state index in [1.807, 2.05) is 0 Å². The number of rotatable bonds is 8. The van der Waals surface area contributed by atoms with E-state index in [1.54, 1.807) is 12.1 Å². The third kappa shape index (κ3) is 8.16. The molecule has 0 atom stereocenters. The lowest BCUT2D eigenvalue weighted by molar-refractivity contribution is 0.0554. The number of esters is 8. The third-order valence-corrected chi connectivity index (χ3v) is 9.60. The Labute approximate surface area is 350 Å². The minimum Gasteiger partial charge on any atom is -0.465 e. The first-order valence-electron chi connectivity index (χ1n) is 17.7. The Morgan fingerprint density at radius 3 is 0.548 bits per heavy atom. The number of fused-ring (bicyclic) bond motifs is 4. The average Bonchev–Trinajstić information content (AvgIpc) is 3.31. The standard InChI is InChI=1S/C22H16O10.C22H18O8/c1-29-19(25)13-5-9-10(6-14(13)20(26)30-2)18(24)12-8-16(22(28)32-4)15(21(27)31-3)7-11(12)17(9)23;1-27-19(23)15-7-11-5-13-9-17(21(25)29-3)18(22(26)30-4)10-14(13)6-12(11)8-16(15)20(24)28-2/h5-8H,1-4H3;5-10H,1-4H3. The molecule has 0 saturated heterocycles. The molecule has 0 heterocycles. The molecule has 18 heteroatoms. The van der Waals surface area contributed by atoms with Crippen molar-refractivity contribution >= 4 is 80.9 Å². The predicted molar refractivity (Wildman–Crippen MR) is 212 cm³/mol. The fourth-order valence-corrected chi connectivity index (χ4v) is 6.57. The number of benzene rings is 5. The second-order valence-corrected chi connectivity index (χ2v) is 12.8. The Morgan fingerprint density at radius 2 is 0.403 bits per heavy atom. The summed E-state index contributed by atoms with van der Waals surface area (Å²) in [6, 6.07) is 13.7. The van der Waals surface area contributed by atoms with Crippen molar-refractivity contribution in [2.24, 2.45) is 0 Å². The highest BCUT2D eigenvalue weighted by Crippen LogP contribution is 2.33. The van der Waals surface area contributed by atoms with Gasteiger partial charge in [0, 0.05) is 22.3 Å². The van der Waals surface area contributed by atoms with Crippen LogP contribution < -0.4 is 0 Å². The molecular formula is C44H34O18. The molecule has 18 nitrogen and oxygen atoms in total.